The Kier molecular flexibility index (Phi) is 7.21. The highest BCUT2D eigenvalue weighted by atomic mass is 16.5. The van der Waals surface area contributed by atoms with Gasteiger partial charge in [-0.3, -0.25) is 9.20 Å². The molecule has 2 aliphatic rings. The number of hydrogen-bond acceptors (Lipinski definition) is 6. The fraction of sp³-hybridized carbons (Fsp3) is 0.636. The van der Waals surface area contributed by atoms with Gasteiger partial charge >= 0.3 is 0 Å². The number of hydrogen-bond donors (Lipinski definition) is 1. The minimum atomic E-state index is -0.429. The van der Waals surface area contributed by atoms with E-state index >= 15 is 0 Å². The SMILES string of the molecule is [N-]=[N+]=NCc1nc2c(OCC3CCCCC3)cccn2c1C(=O)N[C@@H]1CCCC[C@H]1N=O. The highest BCUT2D eigenvalue weighted by Gasteiger charge is 2.30. The molecule has 2 aliphatic carbocycles. The Hall–Kier alpha value is -3.13. The molecule has 2 aromatic rings. The van der Waals surface area contributed by atoms with Gasteiger partial charge < -0.3 is 10.1 Å². The number of carbonyl (C=O) groups excluding carboxylic acids is 1. The Morgan fingerprint density at radius 1 is 1.22 bits per heavy atom. The van der Waals surface area contributed by atoms with Crippen LogP contribution in [0.15, 0.2) is 28.6 Å². The lowest BCUT2D eigenvalue weighted by molar-refractivity contribution is 0.0914. The fourth-order valence-corrected chi connectivity index (χ4v) is 4.86. The van der Waals surface area contributed by atoms with E-state index in [4.69, 9.17) is 10.3 Å². The molecule has 10 heteroatoms. The van der Waals surface area contributed by atoms with Crippen LogP contribution in [0.1, 0.15) is 74.0 Å². The summed E-state index contributed by atoms with van der Waals surface area (Å²) in [5.74, 6) is 0.776. The Labute approximate surface area is 186 Å². The van der Waals surface area contributed by atoms with Crippen molar-refractivity contribution in [2.75, 3.05) is 6.61 Å². The maximum absolute atomic E-state index is 13.3. The number of carbonyl (C=O) groups is 1. The molecule has 1 amide bonds. The van der Waals surface area contributed by atoms with Crippen LogP contribution in [0, 0.1) is 10.8 Å². The van der Waals surface area contributed by atoms with E-state index in [9.17, 15) is 9.70 Å². The van der Waals surface area contributed by atoms with Gasteiger partial charge in [0.05, 0.1) is 24.9 Å². The maximum atomic E-state index is 13.3. The van der Waals surface area contributed by atoms with Crippen LogP contribution >= 0.6 is 0 Å². The van der Waals surface area contributed by atoms with E-state index in [1.165, 1.54) is 32.1 Å². The molecule has 0 aliphatic heterocycles. The maximum Gasteiger partial charge on any atom is 0.270 e. The molecule has 1 N–H and O–H groups in total. The van der Waals surface area contributed by atoms with Crippen LogP contribution in [0.4, 0.5) is 0 Å². The van der Waals surface area contributed by atoms with E-state index in [1.807, 2.05) is 12.1 Å². The van der Waals surface area contributed by atoms with Gasteiger partial charge in [-0.25, -0.2) is 4.98 Å². The van der Waals surface area contributed by atoms with Gasteiger partial charge in [-0.15, -0.1) is 0 Å². The van der Waals surface area contributed by atoms with E-state index in [-0.39, 0.29) is 18.5 Å². The molecule has 4 rings (SSSR count). The van der Waals surface area contributed by atoms with Crippen LogP contribution in [-0.4, -0.2) is 34.0 Å². The highest BCUT2D eigenvalue weighted by Crippen LogP contribution is 2.28. The first-order chi connectivity index (χ1) is 15.7. The van der Waals surface area contributed by atoms with E-state index < -0.39 is 6.04 Å². The number of rotatable bonds is 8. The summed E-state index contributed by atoms with van der Waals surface area (Å²) < 4.78 is 7.80. The smallest absolute Gasteiger partial charge is 0.270 e. The van der Waals surface area contributed by atoms with Gasteiger partial charge in [0, 0.05) is 11.1 Å². The molecule has 32 heavy (non-hydrogen) atoms. The molecule has 2 aromatic heterocycles. The Morgan fingerprint density at radius 3 is 2.78 bits per heavy atom. The molecule has 0 saturated heterocycles. The van der Waals surface area contributed by atoms with Gasteiger partial charge in [0.25, 0.3) is 5.91 Å². The lowest BCUT2D eigenvalue weighted by Crippen LogP contribution is -2.44. The number of pyridine rings is 1. The zero-order valence-electron chi connectivity index (χ0n) is 18.2. The number of azide groups is 1. The second kappa shape index (κ2) is 10.5. The number of nitrogens with one attached hydrogen (secondary N) is 1. The zero-order valence-corrected chi connectivity index (χ0v) is 18.2. The molecule has 0 bridgehead atoms. The summed E-state index contributed by atoms with van der Waals surface area (Å²) in [4.78, 5) is 31.9. The molecular weight excluding hydrogens is 410 g/mol. The van der Waals surface area contributed by atoms with Gasteiger partial charge in [-0.1, -0.05) is 42.4 Å². The summed E-state index contributed by atoms with van der Waals surface area (Å²) in [6, 6.07) is 2.92. The molecule has 2 heterocycles. The molecule has 0 radical (unpaired) electrons. The first-order valence-corrected chi connectivity index (χ1v) is 11.5. The number of nitroso groups, excluding NO2 is 1. The molecule has 170 valence electrons. The van der Waals surface area contributed by atoms with Crippen LogP contribution < -0.4 is 10.1 Å². The predicted octanol–water partition coefficient (Wildman–Crippen LogP) is 4.91. The summed E-state index contributed by atoms with van der Waals surface area (Å²) >= 11 is 0. The first-order valence-electron chi connectivity index (χ1n) is 11.5. The average molecular weight is 440 g/mol. The van der Waals surface area contributed by atoms with Gasteiger partial charge in [-0.2, -0.15) is 4.91 Å². The Balaban J connectivity index is 1.61. The molecule has 0 spiro atoms. The van der Waals surface area contributed by atoms with Crippen molar-refractivity contribution in [3.05, 3.63) is 45.1 Å². The van der Waals surface area contributed by atoms with Crippen LogP contribution in [0.25, 0.3) is 16.1 Å². The topological polar surface area (TPSA) is 134 Å². The predicted molar refractivity (Wildman–Crippen MR) is 119 cm³/mol. The zero-order chi connectivity index (χ0) is 22.3. The van der Waals surface area contributed by atoms with Crippen LogP contribution in [0.3, 0.4) is 0 Å². The highest BCUT2D eigenvalue weighted by molar-refractivity contribution is 5.95. The van der Waals surface area contributed by atoms with E-state index in [2.05, 4.69) is 25.5 Å². The van der Waals surface area contributed by atoms with Gasteiger partial charge in [0.15, 0.2) is 11.4 Å². The normalized spacial score (nSPS) is 21.6. The summed E-state index contributed by atoms with van der Waals surface area (Å²) in [6.45, 7) is 0.567. The van der Waals surface area contributed by atoms with E-state index in [0.29, 0.717) is 48.2 Å². The third-order valence-electron chi connectivity index (χ3n) is 6.57. The number of imidazole rings is 1. The van der Waals surface area contributed by atoms with Crippen molar-refractivity contribution >= 4 is 11.6 Å². The molecular formula is C22H29N7O3. The third kappa shape index (κ3) is 4.85. The first kappa shape index (κ1) is 22.1. The monoisotopic (exact) mass is 439 g/mol. The second-order valence-electron chi connectivity index (χ2n) is 8.71. The fourth-order valence-electron chi connectivity index (χ4n) is 4.86. The third-order valence-corrected chi connectivity index (χ3v) is 6.57. The summed E-state index contributed by atoms with van der Waals surface area (Å²) in [7, 11) is 0. The molecule has 0 aromatic carbocycles. The number of fused-ring (bicyclic) bond motifs is 1. The number of aromatic nitrogens is 2. The molecule has 2 fully saturated rings. The van der Waals surface area contributed by atoms with Crippen LogP contribution in [0.2, 0.25) is 0 Å². The lowest BCUT2D eigenvalue weighted by Gasteiger charge is -2.27. The van der Waals surface area contributed by atoms with Crippen LogP contribution in [-0.2, 0) is 6.54 Å². The lowest BCUT2D eigenvalue weighted by atomic mass is 9.90. The second-order valence-corrected chi connectivity index (χ2v) is 8.71. The van der Waals surface area contributed by atoms with E-state index in [1.54, 1.807) is 10.6 Å². The van der Waals surface area contributed by atoms with Crippen molar-refractivity contribution in [1.29, 1.82) is 0 Å². The Bertz CT molecular complexity index is 1010. The van der Waals surface area contributed by atoms with Crippen molar-refractivity contribution in [3.8, 4) is 5.75 Å². The average Bonchev–Trinajstić information content (AvgIpc) is 3.21. The molecule has 2 atom stereocenters. The van der Waals surface area contributed by atoms with Gasteiger partial charge in [0.2, 0.25) is 0 Å². The number of amides is 1. The van der Waals surface area contributed by atoms with Crippen LogP contribution in [0.5, 0.6) is 5.75 Å². The van der Waals surface area contributed by atoms with Gasteiger partial charge in [-0.05, 0) is 49.3 Å². The Morgan fingerprint density at radius 2 is 2.00 bits per heavy atom. The molecule has 2 saturated carbocycles. The number of ether oxygens (including phenoxy) is 1. The minimum absolute atomic E-state index is 0.0526. The molecule has 0 unspecified atom stereocenters. The van der Waals surface area contributed by atoms with Crippen molar-refractivity contribution in [3.63, 3.8) is 0 Å². The number of nitrogens with zero attached hydrogens (tertiary/aromatic N) is 6. The van der Waals surface area contributed by atoms with Crippen molar-refractivity contribution < 1.29 is 9.53 Å². The largest absolute Gasteiger partial charge is 0.489 e. The summed E-state index contributed by atoms with van der Waals surface area (Å²) in [5.41, 5.74) is 9.99. The van der Waals surface area contributed by atoms with Gasteiger partial charge in [0.1, 0.15) is 11.7 Å². The standard InChI is InChI=1S/C22H29N7O3/c23-28-24-13-18-20(22(30)26-16-9-4-5-10-17(16)27-31)29-12-6-11-19(21(29)25-18)32-14-15-7-2-1-3-8-15/h6,11-12,15-17H,1-5,7-10,13-14H2,(H,26,30)/t16-,17-/m1/s1. The minimum Gasteiger partial charge on any atom is -0.489 e. The van der Waals surface area contributed by atoms with E-state index in [0.717, 1.165) is 12.8 Å². The summed E-state index contributed by atoms with van der Waals surface area (Å²) in [5, 5.41) is 9.79. The van der Waals surface area contributed by atoms with Crippen molar-refractivity contribution in [1.82, 2.24) is 14.7 Å². The molecule has 10 nitrogen and oxygen atoms in total. The van der Waals surface area contributed by atoms with Crippen molar-refractivity contribution in [2.24, 2.45) is 16.2 Å². The van der Waals surface area contributed by atoms with Crippen molar-refractivity contribution in [2.45, 2.75) is 76.4 Å². The quantitative estimate of drug-likeness (QED) is 0.270. The summed E-state index contributed by atoms with van der Waals surface area (Å²) in [6.07, 6.45) is 11.1.